The van der Waals surface area contributed by atoms with Gasteiger partial charge in [-0.15, -0.1) is 0 Å². The molecule has 1 aliphatic carbocycles. The molecule has 3 rings (SSSR count). The van der Waals surface area contributed by atoms with Crippen LogP contribution < -0.4 is 11.1 Å². The smallest absolute Gasteiger partial charge is 0.193 e. The van der Waals surface area contributed by atoms with Gasteiger partial charge >= 0.3 is 0 Å². The molecule has 1 aromatic carbocycles. The molecule has 2 fully saturated rings. The van der Waals surface area contributed by atoms with Crippen molar-refractivity contribution in [3.8, 4) is 0 Å². The fourth-order valence-electron chi connectivity index (χ4n) is 3.44. The third kappa shape index (κ3) is 3.61. The molecule has 0 atom stereocenters. The average Bonchev–Trinajstić information content (AvgIpc) is 2.47. The molecule has 1 aromatic rings. The Labute approximate surface area is 133 Å². The van der Waals surface area contributed by atoms with Crippen LogP contribution in [0, 0.1) is 13.8 Å². The number of nitrogens with zero attached hydrogens (tertiary/aromatic N) is 2. The summed E-state index contributed by atoms with van der Waals surface area (Å²) in [4.78, 5) is 7.27. The van der Waals surface area contributed by atoms with Gasteiger partial charge in [0.05, 0.1) is 6.04 Å². The molecule has 3 N–H and O–H groups in total. The van der Waals surface area contributed by atoms with Crippen molar-refractivity contribution in [2.45, 2.75) is 58.0 Å². The standard InChI is InChI=1S/C18H28N4/c1-13-6-7-15(10-14(13)2)20-18(19)21-16-11-17(12-16)22-8-4-3-5-9-22/h6-7,10,16-17H,3-5,8-9,11-12H2,1-2H3,(H3,19,20,21). The van der Waals surface area contributed by atoms with Gasteiger partial charge in [0.15, 0.2) is 5.96 Å². The first-order valence-corrected chi connectivity index (χ1v) is 8.53. The van der Waals surface area contributed by atoms with Gasteiger partial charge in [0.2, 0.25) is 0 Å². The predicted octanol–water partition coefficient (Wildman–Crippen LogP) is 3.05. The summed E-state index contributed by atoms with van der Waals surface area (Å²) in [5, 5.41) is 3.22. The van der Waals surface area contributed by atoms with E-state index in [-0.39, 0.29) is 0 Å². The van der Waals surface area contributed by atoms with E-state index in [4.69, 9.17) is 5.73 Å². The predicted molar refractivity (Wildman–Crippen MR) is 93.4 cm³/mol. The third-order valence-corrected chi connectivity index (χ3v) is 5.10. The topological polar surface area (TPSA) is 53.6 Å². The van der Waals surface area contributed by atoms with Crippen LogP contribution in [0.15, 0.2) is 23.2 Å². The molecule has 4 nitrogen and oxygen atoms in total. The van der Waals surface area contributed by atoms with Gasteiger partial charge in [-0.3, -0.25) is 0 Å². The van der Waals surface area contributed by atoms with Crippen molar-refractivity contribution in [3.63, 3.8) is 0 Å². The van der Waals surface area contributed by atoms with E-state index in [0.717, 1.165) is 24.6 Å². The van der Waals surface area contributed by atoms with Gasteiger partial charge in [-0.25, -0.2) is 4.99 Å². The van der Waals surface area contributed by atoms with Gasteiger partial charge in [0.25, 0.3) is 0 Å². The van der Waals surface area contributed by atoms with Crippen LogP contribution in [0.5, 0.6) is 0 Å². The quantitative estimate of drug-likeness (QED) is 0.666. The maximum absolute atomic E-state index is 6.05. The van der Waals surface area contributed by atoms with Gasteiger partial charge < -0.3 is 16.0 Å². The zero-order valence-electron chi connectivity index (χ0n) is 13.8. The minimum atomic E-state index is 0.394. The summed E-state index contributed by atoms with van der Waals surface area (Å²) in [6.07, 6.45) is 6.45. The number of guanidine groups is 1. The minimum absolute atomic E-state index is 0.394. The Morgan fingerprint density at radius 3 is 2.55 bits per heavy atom. The van der Waals surface area contributed by atoms with E-state index in [9.17, 15) is 0 Å². The lowest BCUT2D eigenvalue weighted by Crippen LogP contribution is -2.49. The van der Waals surface area contributed by atoms with Crippen LogP contribution in [0.3, 0.4) is 0 Å². The largest absolute Gasteiger partial charge is 0.370 e. The van der Waals surface area contributed by atoms with Crippen molar-refractivity contribution in [1.82, 2.24) is 4.90 Å². The van der Waals surface area contributed by atoms with E-state index >= 15 is 0 Å². The Hall–Kier alpha value is -1.55. The van der Waals surface area contributed by atoms with Crippen molar-refractivity contribution in [2.24, 2.45) is 10.7 Å². The van der Waals surface area contributed by atoms with Crippen molar-refractivity contribution in [3.05, 3.63) is 29.3 Å². The summed E-state index contributed by atoms with van der Waals surface area (Å²) in [5.74, 6) is 0.547. The summed E-state index contributed by atoms with van der Waals surface area (Å²) in [6, 6.07) is 7.42. The fraction of sp³-hybridized carbons (Fsp3) is 0.611. The first-order valence-electron chi connectivity index (χ1n) is 8.53. The number of aliphatic imine (C=N–C) groups is 1. The molecule has 0 amide bonds. The molecule has 1 aliphatic heterocycles. The van der Waals surface area contributed by atoms with E-state index < -0.39 is 0 Å². The highest BCUT2D eigenvalue weighted by Crippen LogP contribution is 2.30. The lowest BCUT2D eigenvalue weighted by molar-refractivity contribution is 0.0912. The second-order valence-electron chi connectivity index (χ2n) is 6.81. The number of nitrogens with two attached hydrogens (primary N) is 1. The zero-order chi connectivity index (χ0) is 15.5. The number of hydrogen-bond acceptors (Lipinski definition) is 2. The monoisotopic (exact) mass is 300 g/mol. The molecule has 1 saturated heterocycles. The highest BCUT2D eigenvalue weighted by molar-refractivity contribution is 5.92. The molecule has 0 spiro atoms. The van der Waals surface area contributed by atoms with Gasteiger partial charge in [-0.1, -0.05) is 12.5 Å². The highest BCUT2D eigenvalue weighted by atomic mass is 15.2. The molecule has 2 aliphatic rings. The molecule has 1 saturated carbocycles. The van der Waals surface area contributed by atoms with Crippen LogP contribution in [0.1, 0.15) is 43.2 Å². The lowest BCUT2D eigenvalue weighted by Gasteiger charge is -2.43. The van der Waals surface area contributed by atoms with Crippen molar-refractivity contribution in [2.75, 3.05) is 18.4 Å². The molecule has 0 unspecified atom stereocenters. The number of nitrogens with one attached hydrogen (secondary N) is 1. The Kier molecular flexibility index (Phi) is 4.67. The van der Waals surface area contributed by atoms with Crippen LogP contribution in [-0.4, -0.2) is 36.0 Å². The van der Waals surface area contributed by atoms with Crippen LogP contribution in [-0.2, 0) is 0 Å². The molecular weight excluding hydrogens is 272 g/mol. The number of rotatable bonds is 3. The fourth-order valence-corrected chi connectivity index (χ4v) is 3.44. The van der Waals surface area contributed by atoms with E-state index in [2.05, 4.69) is 47.3 Å². The molecule has 0 radical (unpaired) electrons. The number of piperidine rings is 1. The van der Waals surface area contributed by atoms with Gasteiger partial charge in [0, 0.05) is 11.7 Å². The Bertz CT molecular complexity index is 540. The molecule has 0 bridgehead atoms. The lowest BCUT2D eigenvalue weighted by atomic mass is 9.85. The summed E-state index contributed by atoms with van der Waals surface area (Å²) in [6.45, 7) is 6.78. The second-order valence-corrected chi connectivity index (χ2v) is 6.81. The van der Waals surface area contributed by atoms with Gasteiger partial charge in [-0.05, 0) is 75.9 Å². The van der Waals surface area contributed by atoms with E-state index in [0.29, 0.717) is 12.0 Å². The average molecular weight is 300 g/mol. The zero-order valence-corrected chi connectivity index (χ0v) is 13.8. The highest BCUT2D eigenvalue weighted by Gasteiger charge is 2.33. The Morgan fingerprint density at radius 2 is 1.86 bits per heavy atom. The molecule has 4 heteroatoms. The van der Waals surface area contributed by atoms with Crippen LogP contribution in [0.25, 0.3) is 0 Å². The summed E-state index contributed by atoms with van der Waals surface area (Å²) < 4.78 is 0. The minimum Gasteiger partial charge on any atom is -0.370 e. The van der Waals surface area contributed by atoms with Gasteiger partial charge in [0.1, 0.15) is 0 Å². The molecule has 22 heavy (non-hydrogen) atoms. The second kappa shape index (κ2) is 6.69. The van der Waals surface area contributed by atoms with E-state index in [1.54, 1.807) is 0 Å². The van der Waals surface area contributed by atoms with Crippen LogP contribution in [0.4, 0.5) is 5.69 Å². The normalized spacial score (nSPS) is 26.5. The first kappa shape index (κ1) is 15.3. The summed E-state index contributed by atoms with van der Waals surface area (Å²) in [7, 11) is 0. The number of likely N-dealkylation sites (tertiary alicyclic amines) is 1. The number of aryl methyl sites for hydroxylation is 2. The maximum Gasteiger partial charge on any atom is 0.193 e. The summed E-state index contributed by atoms with van der Waals surface area (Å²) in [5.41, 5.74) is 9.64. The molecule has 120 valence electrons. The SMILES string of the molecule is Cc1ccc(NC(N)=NC2CC(N3CCCCC3)C2)cc1C. The molecular formula is C18H28N4. The third-order valence-electron chi connectivity index (χ3n) is 5.10. The van der Waals surface area contributed by atoms with Crippen molar-refractivity contribution < 1.29 is 0 Å². The molecule has 0 aromatic heterocycles. The Balaban J connectivity index is 1.49. The molecule has 1 heterocycles. The first-order chi connectivity index (χ1) is 10.6. The maximum atomic E-state index is 6.05. The van der Waals surface area contributed by atoms with Gasteiger partial charge in [-0.2, -0.15) is 0 Å². The summed E-state index contributed by atoms with van der Waals surface area (Å²) >= 11 is 0. The van der Waals surface area contributed by atoms with Crippen LogP contribution >= 0.6 is 0 Å². The van der Waals surface area contributed by atoms with Crippen LogP contribution in [0.2, 0.25) is 0 Å². The van der Waals surface area contributed by atoms with E-state index in [1.165, 1.54) is 43.5 Å². The van der Waals surface area contributed by atoms with Crippen molar-refractivity contribution >= 4 is 11.6 Å². The number of benzene rings is 1. The van der Waals surface area contributed by atoms with Crippen molar-refractivity contribution in [1.29, 1.82) is 0 Å². The number of anilines is 1. The van der Waals surface area contributed by atoms with E-state index in [1.807, 2.05) is 0 Å². The Morgan fingerprint density at radius 1 is 1.14 bits per heavy atom. The number of hydrogen-bond donors (Lipinski definition) is 2.